The molecule has 8 heteroatoms. The fourth-order valence-corrected chi connectivity index (χ4v) is 3.46. The number of methoxy groups -OCH3 is 2. The van der Waals surface area contributed by atoms with Gasteiger partial charge in [0.25, 0.3) is 0 Å². The average Bonchev–Trinajstić information content (AvgIpc) is 3.10. The normalized spacial score (nSPS) is 15.7. The van der Waals surface area contributed by atoms with Gasteiger partial charge in [0.1, 0.15) is 35.3 Å². The van der Waals surface area contributed by atoms with Gasteiger partial charge in [0.2, 0.25) is 5.91 Å². The molecule has 0 radical (unpaired) electrons. The summed E-state index contributed by atoms with van der Waals surface area (Å²) in [5, 5.41) is 2.75. The van der Waals surface area contributed by atoms with Crippen molar-refractivity contribution in [3.63, 3.8) is 0 Å². The second-order valence-corrected chi connectivity index (χ2v) is 6.33. The van der Waals surface area contributed by atoms with E-state index < -0.39 is 17.6 Å². The number of amides is 1. The van der Waals surface area contributed by atoms with Gasteiger partial charge in [-0.25, -0.2) is 13.8 Å². The highest BCUT2D eigenvalue weighted by molar-refractivity contribution is 5.94. The van der Waals surface area contributed by atoms with Gasteiger partial charge < -0.3 is 14.8 Å². The lowest BCUT2D eigenvalue weighted by Gasteiger charge is -2.24. The predicted molar refractivity (Wildman–Crippen MR) is 98.1 cm³/mol. The van der Waals surface area contributed by atoms with Crippen molar-refractivity contribution in [2.45, 2.75) is 12.3 Å². The van der Waals surface area contributed by atoms with Crippen LogP contribution in [0, 0.1) is 11.6 Å². The number of aromatic nitrogens is 2. The molecule has 6 nitrogen and oxygen atoms in total. The maximum Gasteiger partial charge on any atom is 0.226 e. The van der Waals surface area contributed by atoms with Crippen LogP contribution in [-0.4, -0.2) is 29.7 Å². The molecule has 0 aliphatic carbocycles. The number of carbonyl (C=O) groups excluding carboxylic acids is 1. The number of halogens is 2. The molecule has 28 heavy (non-hydrogen) atoms. The Balaban J connectivity index is 1.89. The second-order valence-electron chi connectivity index (χ2n) is 6.33. The van der Waals surface area contributed by atoms with Gasteiger partial charge in [0, 0.05) is 24.0 Å². The maximum absolute atomic E-state index is 14.4. The number of hydrogen-bond donors (Lipinski definition) is 1. The topological polar surface area (TPSA) is 65.4 Å². The SMILES string of the molecule is COc1ccc(OC)c(-n2cnc3c2NC(=O)CC3c2c(F)cccc2F)c1. The van der Waals surface area contributed by atoms with Crippen molar-refractivity contribution in [3.8, 4) is 17.2 Å². The average molecular weight is 385 g/mol. The first-order valence-corrected chi connectivity index (χ1v) is 8.57. The summed E-state index contributed by atoms with van der Waals surface area (Å²) < 4.78 is 41.0. The molecule has 1 aliphatic rings. The number of imidazole rings is 1. The predicted octanol–water partition coefficient (Wildman–Crippen LogP) is 3.64. The largest absolute Gasteiger partial charge is 0.497 e. The number of ether oxygens (including phenoxy) is 2. The van der Waals surface area contributed by atoms with E-state index in [0.717, 1.165) is 0 Å². The summed E-state index contributed by atoms with van der Waals surface area (Å²) in [5.74, 6) is -1.16. The molecular formula is C20H17F2N3O3. The molecule has 0 saturated heterocycles. The number of rotatable bonds is 4. The Morgan fingerprint density at radius 2 is 1.89 bits per heavy atom. The number of anilines is 1. The van der Waals surface area contributed by atoms with Crippen molar-refractivity contribution in [2.75, 3.05) is 19.5 Å². The first kappa shape index (κ1) is 18.0. The lowest BCUT2D eigenvalue weighted by atomic mass is 9.89. The zero-order valence-electron chi connectivity index (χ0n) is 15.2. The molecule has 144 valence electrons. The molecule has 0 saturated carbocycles. The van der Waals surface area contributed by atoms with E-state index in [4.69, 9.17) is 9.47 Å². The van der Waals surface area contributed by atoms with Crippen LogP contribution >= 0.6 is 0 Å². The van der Waals surface area contributed by atoms with E-state index >= 15 is 0 Å². The van der Waals surface area contributed by atoms with Gasteiger partial charge in [0.05, 0.1) is 25.6 Å². The van der Waals surface area contributed by atoms with E-state index in [1.54, 1.807) is 22.8 Å². The smallest absolute Gasteiger partial charge is 0.226 e. The minimum atomic E-state index is -0.831. The van der Waals surface area contributed by atoms with Crippen LogP contribution in [0.15, 0.2) is 42.7 Å². The molecule has 2 heterocycles. The Kier molecular flexibility index (Phi) is 4.46. The monoisotopic (exact) mass is 385 g/mol. The van der Waals surface area contributed by atoms with Crippen LogP contribution in [-0.2, 0) is 4.79 Å². The molecule has 1 atom stereocenters. The van der Waals surface area contributed by atoms with Gasteiger partial charge in [-0.15, -0.1) is 0 Å². The first-order valence-electron chi connectivity index (χ1n) is 8.57. The number of carbonyl (C=O) groups is 1. The Bertz CT molecular complexity index is 1040. The van der Waals surface area contributed by atoms with Crippen LogP contribution in [0.1, 0.15) is 23.6 Å². The minimum absolute atomic E-state index is 0.100. The third-order valence-corrected chi connectivity index (χ3v) is 4.77. The minimum Gasteiger partial charge on any atom is -0.497 e. The Morgan fingerprint density at radius 1 is 1.14 bits per heavy atom. The fraction of sp³-hybridized carbons (Fsp3) is 0.200. The van der Waals surface area contributed by atoms with E-state index in [2.05, 4.69) is 10.3 Å². The third kappa shape index (κ3) is 2.87. The zero-order chi connectivity index (χ0) is 19.8. The Morgan fingerprint density at radius 3 is 2.57 bits per heavy atom. The Labute approximate surface area is 159 Å². The maximum atomic E-state index is 14.4. The van der Waals surface area contributed by atoms with Gasteiger partial charge in [-0.05, 0) is 24.3 Å². The number of fused-ring (bicyclic) bond motifs is 1. The van der Waals surface area contributed by atoms with Crippen LogP contribution < -0.4 is 14.8 Å². The van der Waals surface area contributed by atoms with Gasteiger partial charge in [-0.3, -0.25) is 9.36 Å². The summed E-state index contributed by atoms with van der Waals surface area (Å²) in [7, 11) is 3.05. The van der Waals surface area contributed by atoms with E-state index in [0.29, 0.717) is 28.7 Å². The van der Waals surface area contributed by atoms with Crippen LogP contribution in [0.5, 0.6) is 11.5 Å². The van der Waals surface area contributed by atoms with E-state index in [1.165, 1.54) is 38.7 Å². The fourth-order valence-electron chi connectivity index (χ4n) is 3.46. The highest BCUT2D eigenvalue weighted by Crippen LogP contribution is 2.40. The standard InChI is InChI=1S/C20H17F2N3O3/c1-27-11-6-7-16(28-2)15(8-11)25-10-23-19-12(9-17(26)24-20(19)25)18-13(21)4-3-5-14(18)22/h3-8,10,12H,9H2,1-2H3,(H,24,26). The van der Waals surface area contributed by atoms with Gasteiger partial charge in [-0.1, -0.05) is 6.07 Å². The molecule has 1 aliphatic heterocycles. The highest BCUT2D eigenvalue weighted by Gasteiger charge is 2.34. The second kappa shape index (κ2) is 6.95. The van der Waals surface area contributed by atoms with E-state index in [-0.39, 0.29) is 17.9 Å². The molecule has 1 N–H and O–H groups in total. The molecular weight excluding hydrogens is 368 g/mol. The summed E-state index contributed by atoms with van der Waals surface area (Å²) in [4.78, 5) is 16.7. The third-order valence-electron chi connectivity index (χ3n) is 4.77. The van der Waals surface area contributed by atoms with Crippen molar-refractivity contribution >= 4 is 11.7 Å². The van der Waals surface area contributed by atoms with Crippen molar-refractivity contribution in [1.29, 1.82) is 0 Å². The number of hydrogen-bond acceptors (Lipinski definition) is 4. The van der Waals surface area contributed by atoms with Crippen LogP contribution in [0.2, 0.25) is 0 Å². The summed E-state index contributed by atoms with van der Waals surface area (Å²) in [6.45, 7) is 0. The van der Waals surface area contributed by atoms with Gasteiger partial charge in [0.15, 0.2) is 0 Å². The number of benzene rings is 2. The molecule has 0 spiro atoms. The summed E-state index contributed by atoms with van der Waals surface area (Å²) in [5.41, 5.74) is 0.792. The van der Waals surface area contributed by atoms with Crippen molar-refractivity contribution < 1.29 is 23.0 Å². The molecule has 4 rings (SSSR count). The van der Waals surface area contributed by atoms with Crippen molar-refractivity contribution in [3.05, 3.63) is 65.6 Å². The van der Waals surface area contributed by atoms with Gasteiger partial charge >= 0.3 is 0 Å². The Hall–Kier alpha value is -3.42. The highest BCUT2D eigenvalue weighted by atomic mass is 19.1. The molecule has 2 aromatic carbocycles. The number of nitrogens with zero attached hydrogens (tertiary/aromatic N) is 2. The zero-order valence-corrected chi connectivity index (χ0v) is 15.2. The van der Waals surface area contributed by atoms with Gasteiger partial charge in [-0.2, -0.15) is 0 Å². The molecule has 1 unspecified atom stereocenters. The summed E-state index contributed by atoms with van der Waals surface area (Å²) >= 11 is 0. The molecule has 1 amide bonds. The van der Waals surface area contributed by atoms with Crippen LogP contribution in [0.25, 0.3) is 5.69 Å². The van der Waals surface area contributed by atoms with Crippen molar-refractivity contribution in [2.24, 2.45) is 0 Å². The quantitative estimate of drug-likeness (QED) is 0.745. The first-order chi connectivity index (χ1) is 13.5. The lowest BCUT2D eigenvalue weighted by molar-refractivity contribution is -0.116. The van der Waals surface area contributed by atoms with Crippen molar-refractivity contribution in [1.82, 2.24) is 9.55 Å². The molecule has 1 aromatic heterocycles. The molecule has 0 fully saturated rings. The van der Waals surface area contributed by atoms with E-state index in [1.807, 2.05) is 0 Å². The molecule has 0 bridgehead atoms. The van der Waals surface area contributed by atoms with Crippen LogP contribution in [0.3, 0.4) is 0 Å². The lowest BCUT2D eigenvalue weighted by Crippen LogP contribution is -2.26. The molecule has 3 aromatic rings. The van der Waals surface area contributed by atoms with E-state index in [9.17, 15) is 13.6 Å². The summed E-state index contributed by atoms with van der Waals surface area (Å²) in [6, 6.07) is 8.82. The summed E-state index contributed by atoms with van der Waals surface area (Å²) in [6.07, 6.45) is 1.39. The van der Waals surface area contributed by atoms with Crippen LogP contribution in [0.4, 0.5) is 14.6 Å². The number of nitrogens with one attached hydrogen (secondary N) is 1.